The molecule has 1 unspecified atom stereocenters. The molecule has 1 atom stereocenters. The third kappa shape index (κ3) is 1.71. The summed E-state index contributed by atoms with van der Waals surface area (Å²) in [4.78, 5) is 4.67. The lowest BCUT2D eigenvalue weighted by Crippen LogP contribution is -2.32. The van der Waals surface area contributed by atoms with Crippen LogP contribution in [0.5, 0.6) is 0 Å². The molecule has 1 aromatic heterocycles. The van der Waals surface area contributed by atoms with E-state index in [1.165, 1.54) is 24.3 Å². The van der Waals surface area contributed by atoms with Crippen LogP contribution < -0.4 is 5.73 Å². The molecule has 3 heteroatoms. The molecule has 0 aromatic carbocycles. The van der Waals surface area contributed by atoms with Gasteiger partial charge in [0.2, 0.25) is 0 Å². The van der Waals surface area contributed by atoms with Crippen LogP contribution in [0.25, 0.3) is 0 Å². The fourth-order valence-electron chi connectivity index (χ4n) is 1.57. The summed E-state index contributed by atoms with van der Waals surface area (Å²) in [5.74, 6) is 0.737. The van der Waals surface area contributed by atoms with Gasteiger partial charge in [-0.05, 0) is 26.2 Å². The van der Waals surface area contributed by atoms with Crippen molar-refractivity contribution in [2.75, 3.05) is 0 Å². The van der Waals surface area contributed by atoms with Crippen LogP contribution in [0.1, 0.15) is 56.2 Å². The number of nitrogens with two attached hydrogens (primary N) is 1. The topological polar surface area (TPSA) is 38.9 Å². The van der Waals surface area contributed by atoms with E-state index in [0.29, 0.717) is 0 Å². The fourth-order valence-corrected chi connectivity index (χ4v) is 2.71. The molecule has 1 aromatic rings. The van der Waals surface area contributed by atoms with Crippen molar-refractivity contribution in [3.8, 4) is 0 Å². The van der Waals surface area contributed by atoms with E-state index >= 15 is 0 Å². The highest BCUT2D eigenvalue weighted by Gasteiger charge is 2.26. The largest absolute Gasteiger partial charge is 0.320 e. The number of aromatic nitrogens is 1. The second-order valence-electron chi connectivity index (χ2n) is 4.47. The van der Waals surface area contributed by atoms with Crippen molar-refractivity contribution in [3.05, 3.63) is 16.1 Å². The number of rotatable bonds is 3. The summed E-state index contributed by atoms with van der Waals surface area (Å²) in [6, 6.07) is 0. The molecule has 14 heavy (non-hydrogen) atoms. The van der Waals surface area contributed by atoms with Gasteiger partial charge in [0.25, 0.3) is 0 Å². The first-order valence-corrected chi connectivity index (χ1v) is 6.26. The normalized spacial score (nSPS) is 21.6. The van der Waals surface area contributed by atoms with Gasteiger partial charge in [-0.3, -0.25) is 0 Å². The van der Waals surface area contributed by atoms with E-state index in [-0.39, 0.29) is 5.54 Å². The second-order valence-corrected chi connectivity index (χ2v) is 5.36. The van der Waals surface area contributed by atoms with Crippen LogP contribution in [0.4, 0.5) is 0 Å². The molecule has 78 valence electrons. The van der Waals surface area contributed by atoms with Crippen molar-refractivity contribution in [1.82, 2.24) is 4.98 Å². The standard InChI is InChI=1S/C11H18N2S/c1-3-11(2,12)9-7-14-10(13-9)8-5-4-6-8/h7-8H,3-6,12H2,1-2H3. The third-order valence-corrected chi connectivity index (χ3v) is 4.30. The maximum Gasteiger partial charge on any atom is 0.0960 e. The SMILES string of the molecule is CCC(C)(N)c1csc(C2CCC2)n1. The Hall–Kier alpha value is -0.410. The summed E-state index contributed by atoms with van der Waals surface area (Å²) in [5, 5.41) is 3.44. The lowest BCUT2D eigenvalue weighted by atomic mass is 9.86. The molecule has 1 fully saturated rings. The molecule has 1 saturated carbocycles. The van der Waals surface area contributed by atoms with E-state index in [2.05, 4.69) is 24.2 Å². The molecule has 2 rings (SSSR count). The fraction of sp³-hybridized carbons (Fsp3) is 0.727. The lowest BCUT2D eigenvalue weighted by molar-refractivity contribution is 0.411. The lowest BCUT2D eigenvalue weighted by Gasteiger charge is -2.23. The molecule has 0 saturated heterocycles. The van der Waals surface area contributed by atoms with Crippen molar-refractivity contribution in [2.24, 2.45) is 5.73 Å². The predicted molar refractivity (Wildman–Crippen MR) is 60.5 cm³/mol. The Labute approximate surface area is 89.5 Å². The van der Waals surface area contributed by atoms with Gasteiger partial charge < -0.3 is 5.73 Å². The molecular weight excluding hydrogens is 192 g/mol. The first-order chi connectivity index (χ1) is 6.63. The Bertz CT molecular complexity index is 313. The molecule has 0 amide bonds. The van der Waals surface area contributed by atoms with Crippen LogP contribution in [-0.4, -0.2) is 4.98 Å². The second kappa shape index (κ2) is 3.63. The van der Waals surface area contributed by atoms with Gasteiger partial charge >= 0.3 is 0 Å². The van der Waals surface area contributed by atoms with E-state index in [0.717, 1.165) is 18.0 Å². The molecule has 1 aliphatic carbocycles. The van der Waals surface area contributed by atoms with Crippen LogP contribution in [0.3, 0.4) is 0 Å². The van der Waals surface area contributed by atoms with Crippen LogP contribution in [0, 0.1) is 0 Å². The van der Waals surface area contributed by atoms with E-state index < -0.39 is 0 Å². The average Bonchev–Trinajstić information content (AvgIpc) is 2.51. The van der Waals surface area contributed by atoms with Crippen molar-refractivity contribution in [3.63, 3.8) is 0 Å². The zero-order chi connectivity index (χ0) is 10.2. The molecule has 0 bridgehead atoms. The van der Waals surface area contributed by atoms with Crippen molar-refractivity contribution >= 4 is 11.3 Å². The molecule has 2 N–H and O–H groups in total. The molecular formula is C11H18N2S. The highest BCUT2D eigenvalue weighted by Crippen LogP contribution is 2.38. The summed E-state index contributed by atoms with van der Waals surface area (Å²) in [6.45, 7) is 4.18. The van der Waals surface area contributed by atoms with Gasteiger partial charge in [-0.15, -0.1) is 11.3 Å². The Balaban J connectivity index is 2.16. The highest BCUT2D eigenvalue weighted by atomic mass is 32.1. The maximum atomic E-state index is 6.15. The van der Waals surface area contributed by atoms with E-state index in [4.69, 9.17) is 5.73 Å². The van der Waals surface area contributed by atoms with Gasteiger partial charge in [0.1, 0.15) is 0 Å². The highest BCUT2D eigenvalue weighted by molar-refractivity contribution is 7.09. The van der Waals surface area contributed by atoms with Gasteiger partial charge in [0.05, 0.1) is 16.2 Å². The van der Waals surface area contributed by atoms with Gasteiger partial charge in [0, 0.05) is 11.3 Å². The number of hydrogen-bond donors (Lipinski definition) is 1. The first kappa shape index (κ1) is 10.1. The number of hydrogen-bond acceptors (Lipinski definition) is 3. The summed E-state index contributed by atoms with van der Waals surface area (Å²) < 4.78 is 0. The first-order valence-electron chi connectivity index (χ1n) is 5.38. The number of nitrogens with zero attached hydrogens (tertiary/aromatic N) is 1. The van der Waals surface area contributed by atoms with Crippen molar-refractivity contribution in [2.45, 2.75) is 51.0 Å². The summed E-state index contributed by atoms with van der Waals surface area (Å²) in [5.41, 5.74) is 6.99. The molecule has 1 heterocycles. The monoisotopic (exact) mass is 210 g/mol. The Morgan fingerprint density at radius 2 is 2.36 bits per heavy atom. The summed E-state index contributed by atoms with van der Waals surface area (Å²) >= 11 is 1.78. The van der Waals surface area contributed by atoms with E-state index in [9.17, 15) is 0 Å². The van der Waals surface area contributed by atoms with E-state index in [1.54, 1.807) is 11.3 Å². The smallest absolute Gasteiger partial charge is 0.0960 e. The van der Waals surface area contributed by atoms with Crippen LogP contribution in [0.15, 0.2) is 5.38 Å². The minimum absolute atomic E-state index is 0.238. The van der Waals surface area contributed by atoms with Gasteiger partial charge in [0.15, 0.2) is 0 Å². The summed E-state index contributed by atoms with van der Waals surface area (Å²) in [6.07, 6.45) is 4.95. The Morgan fingerprint density at radius 3 is 2.86 bits per heavy atom. The molecule has 0 radical (unpaired) electrons. The average molecular weight is 210 g/mol. The van der Waals surface area contributed by atoms with Crippen LogP contribution in [-0.2, 0) is 5.54 Å². The van der Waals surface area contributed by atoms with Crippen LogP contribution >= 0.6 is 11.3 Å². The third-order valence-electron chi connectivity index (χ3n) is 3.30. The maximum absolute atomic E-state index is 6.15. The quantitative estimate of drug-likeness (QED) is 0.833. The zero-order valence-electron chi connectivity index (χ0n) is 8.92. The minimum atomic E-state index is -0.238. The molecule has 0 spiro atoms. The van der Waals surface area contributed by atoms with Gasteiger partial charge in [-0.1, -0.05) is 13.3 Å². The van der Waals surface area contributed by atoms with Gasteiger partial charge in [-0.25, -0.2) is 4.98 Å². The van der Waals surface area contributed by atoms with Crippen molar-refractivity contribution < 1.29 is 0 Å². The van der Waals surface area contributed by atoms with Crippen LogP contribution in [0.2, 0.25) is 0 Å². The Kier molecular flexibility index (Phi) is 2.62. The molecule has 0 aliphatic heterocycles. The minimum Gasteiger partial charge on any atom is -0.320 e. The zero-order valence-corrected chi connectivity index (χ0v) is 9.73. The number of thiazole rings is 1. The predicted octanol–water partition coefficient (Wildman–Crippen LogP) is 2.99. The molecule has 2 nitrogen and oxygen atoms in total. The Morgan fingerprint density at radius 1 is 1.64 bits per heavy atom. The van der Waals surface area contributed by atoms with Gasteiger partial charge in [-0.2, -0.15) is 0 Å². The van der Waals surface area contributed by atoms with E-state index in [1.807, 2.05) is 0 Å². The van der Waals surface area contributed by atoms with Crippen molar-refractivity contribution in [1.29, 1.82) is 0 Å². The molecule has 1 aliphatic rings. The summed E-state index contributed by atoms with van der Waals surface area (Å²) in [7, 11) is 0.